The summed E-state index contributed by atoms with van der Waals surface area (Å²) in [4.78, 5) is 12.7. The summed E-state index contributed by atoms with van der Waals surface area (Å²) >= 11 is 1.69. The fraction of sp³-hybridized carbons (Fsp3) is 0.353. The lowest BCUT2D eigenvalue weighted by molar-refractivity contribution is 0.200. The molecular formula is C17H18O3S. The molecular weight excluding hydrogens is 284 g/mol. The smallest absolute Gasteiger partial charge is 0.195 e. The molecule has 0 atom stereocenters. The fourth-order valence-corrected chi connectivity index (χ4v) is 3.95. The number of aliphatic hydroxyl groups is 1. The summed E-state index contributed by atoms with van der Waals surface area (Å²) in [6.45, 7) is 4.23. The average molecular weight is 302 g/mol. The highest BCUT2D eigenvalue weighted by atomic mass is 32.1. The van der Waals surface area contributed by atoms with Crippen molar-refractivity contribution in [3.63, 3.8) is 0 Å². The van der Waals surface area contributed by atoms with Crippen molar-refractivity contribution >= 4 is 33.6 Å². The summed E-state index contributed by atoms with van der Waals surface area (Å²) in [6.07, 6.45) is 6.13. The zero-order valence-corrected chi connectivity index (χ0v) is 13.0. The van der Waals surface area contributed by atoms with Crippen molar-refractivity contribution in [2.75, 3.05) is 13.2 Å². The summed E-state index contributed by atoms with van der Waals surface area (Å²) in [5, 5.41) is 10.5. The van der Waals surface area contributed by atoms with Crippen LogP contribution < -0.4 is 19.9 Å². The summed E-state index contributed by atoms with van der Waals surface area (Å²) < 4.78 is 7.70. The summed E-state index contributed by atoms with van der Waals surface area (Å²) in [5.41, 5.74) is 2.21. The molecule has 1 aliphatic rings. The van der Waals surface area contributed by atoms with Crippen LogP contribution in [0, 0.1) is 13.8 Å². The molecule has 1 aliphatic carbocycles. The van der Waals surface area contributed by atoms with Crippen LogP contribution >= 0.6 is 11.3 Å². The molecule has 0 bridgehead atoms. The van der Waals surface area contributed by atoms with Crippen LogP contribution in [0.5, 0.6) is 5.75 Å². The minimum absolute atomic E-state index is 0.0314. The first-order chi connectivity index (χ1) is 10.1. The normalized spacial score (nSPS) is 13.5. The van der Waals surface area contributed by atoms with Crippen LogP contribution in [0.4, 0.5) is 0 Å². The molecule has 1 aromatic carbocycles. The van der Waals surface area contributed by atoms with E-state index in [0.717, 1.165) is 43.8 Å². The zero-order valence-electron chi connectivity index (χ0n) is 12.2. The van der Waals surface area contributed by atoms with E-state index in [1.165, 1.54) is 0 Å². The Balaban J connectivity index is 2.37. The Morgan fingerprint density at radius 3 is 2.76 bits per heavy atom. The molecule has 1 aromatic heterocycles. The van der Waals surface area contributed by atoms with Gasteiger partial charge in [0.1, 0.15) is 12.4 Å². The van der Waals surface area contributed by atoms with E-state index in [1.54, 1.807) is 11.3 Å². The van der Waals surface area contributed by atoms with Crippen LogP contribution in [-0.2, 0) is 0 Å². The number of ether oxygens (including phenoxy) is 1. The first kappa shape index (κ1) is 14.3. The molecule has 3 rings (SSSR count). The van der Waals surface area contributed by atoms with Crippen LogP contribution in [0.1, 0.15) is 24.0 Å². The van der Waals surface area contributed by atoms with E-state index in [1.807, 2.05) is 26.0 Å². The Hall–Kier alpha value is -1.65. The lowest BCUT2D eigenvalue weighted by Crippen LogP contribution is -2.38. The van der Waals surface area contributed by atoms with Gasteiger partial charge in [-0.05, 0) is 43.9 Å². The molecule has 1 N–H and O–H groups in total. The molecule has 0 saturated heterocycles. The third-order valence-electron chi connectivity index (χ3n) is 3.95. The summed E-state index contributed by atoms with van der Waals surface area (Å²) in [7, 11) is 0. The Bertz CT molecular complexity index is 878. The zero-order chi connectivity index (χ0) is 15.0. The average Bonchev–Trinajstić information content (AvgIpc) is 2.50. The van der Waals surface area contributed by atoms with Gasteiger partial charge in [0.2, 0.25) is 0 Å². The van der Waals surface area contributed by atoms with Gasteiger partial charge in [-0.1, -0.05) is 12.2 Å². The molecule has 0 spiro atoms. The number of benzene rings is 1. The van der Waals surface area contributed by atoms with Crippen molar-refractivity contribution < 1.29 is 9.84 Å². The van der Waals surface area contributed by atoms with E-state index in [9.17, 15) is 4.79 Å². The quantitative estimate of drug-likeness (QED) is 0.937. The van der Waals surface area contributed by atoms with Gasteiger partial charge in [-0.15, -0.1) is 11.3 Å². The molecule has 0 unspecified atom stereocenters. The Morgan fingerprint density at radius 2 is 2.00 bits per heavy atom. The highest BCUT2D eigenvalue weighted by molar-refractivity contribution is 7.16. The molecule has 2 aromatic rings. The fourth-order valence-electron chi connectivity index (χ4n) is 2.68. The molecule has 0 amide bonds. The SMILES string of the molecule is Cc1c(OCCO)cc2c(=O)c3c(sc2c1C)=CCCC=3. The van der Waals surface area contributed by atoms with E-state index in [2.05, 4.69) is 6.08 Å². The van der Waals surface area contributed by atoms with Gasteiger partial charge < -0.3 is 9.84 Å². The number of aryl methyl sites for hydroxylation is 1. The van der Waals surface area contributed by atoms with Gasteiger partial charge in [-0.2, -0.15) is 0 Å². The van der Waals surface area contributed by atoms with E-state index in [4.69, 9.17) is 9.84 Å². The Morgan fingerprint density at radius 1 is 1.24 bits per heavy atom. The largest absolute Gasteiger partial charge is 0.491 e. The van der Waals surface area contributed by atoms with E-state index >= 15 is 0 Å². The van der Waals surface area contributed by atoms with Crippen LogP contribution in [0.3, 0.4) is 0 Å². The van der Waals surface area contributed by atoms with Crippen LogP contribution in [0.2, 0.25) is 0 Å². The Labute approximate surface area is 126 Å². The number of hydrogen-bond acceptors (Lipinski definition) is 4. The number of fused-ring (bicyclic) bond motifs is 2. The Kier molecular flexibility index (Phi) is 3.83. The van der Waals surface area contributed by atoms with Crippen molar-refractivity contribution in [2.45, 2.75) is 26.7 Å². The van der Waals surface area contributed by atoms with Crippen LogP contribution in [0.15, 0.2) is 10.9 Å². The third-order valence-corrected chi connectivity index (χ3v) is 5.29. The van der Waals surface area contributed by atoms with Crippen molar-refractivity contribution in [3.8, 4) is 5.75 Å². The maximum atomic E-state index is 12.7. The summed E-state index contributed by atoms with van der Waals surface area (Å²) in [6, 6.07) is 1.83. The molecule has 110 valence electrons. The highest BCUT2D eigenvalue weighted by Crippen LogP contribution is 2.29. The number of hydrogen-bond donors (Lipinski definition) is 1. The van der Waals surface area contributed by atoms with Gasteiger partial charge in [-0.25, -0.2) is 0 Å². The van der Waals surface area contributed by atoms with Gasteiger partial charge in [0.25, 0.3) is 0 Å². The number of aliphatic hydroxyl groups excluding tert-OH is 1. The second-order valence-corrected chi connectivity index (χ2v) is 6.32. The van der Waals surface area contributed by atoms with Gasteiger partial charge in [0, 0.05) is 19.8 Å². The molecule has 4 heteroatoms. The molecule has 0 saturated carbocycles. The molecule has 0 radical (unpaired) electrons. The first-order valence-corrected chi connectivity index (χ1v) is 7.96. The lowest BCUT2D eigenvalue weighted by atomic mass is 10.0. The highest BCUT2D eigenvalue weighted by Gasteiger charge is 2.13. The van der Waals surface area contributed by atoms with Gasteiger partial charge in [0.05, 0.1) is 6.61 Å². The monoisotopic (exact) mass is 302 g/mol. The first-order valence-electron chi connectivity index (χ1n) is 7.14. The van der Waals surface area contributed by atoms with Crippen LogP contribution in [-0.4, -0.2) is 18.3 Å². The second-order valence-electron chi connectivity index (χ2n) is 5.27. The second kappa shape index (κ2) is 5.62. The van der Waals surface area contributed by atoms with E-state index < -0.39 is 0 Å². The molecule has 21 heavy (non-hydrogen) atoms. The van der Waals surface area contributed by atoms with Crippen LogP contribution in [0.25, 0.3) is 22.2 Å². The minimum atomic E-state index is -0.0314. The van der Waals surface area contributed by atoms with Crippen molar-refractivity contribution in [2.24, 2.45) is 0 Å². The molecule has 1 heterocycles. The van der Waals surface area contributed by atoms with Crippen molar-refractivity contribution in [1.29, 1.82) is 0 Å². The molecule has 0 aliphatic heterocycles. The standard InChI is InChI=1S/C17H18O3S/c1-10-11(2)17-13(9-14(10)20-8-7-18)16(19)12-5-3-4-6-15(12)21-17/h5-6,9,18H,3-4,7-8H2,1-2H3. The minimum Gasteiger partial charge on any atom is -0.491 e. The van der Waals surface area contributed by atoms with E-state index in [-0.39, 0.29) is 18.6 Å². The third kappa shape index (κ3) is 2.39. The topological polar surface area (TPSA) is 46.5 Å². The summed E-state index contributed by atoms with van der Waals surface area (Å²) in [5.74, 6) is 0.693. The molecule has 3 nitrogen and oxygen atoms in total. The predicted molar refractivity (Wildman–Crippen MR) is 87.6 cm³/mol. The van der Waals surface area contributed by atoms with Crippen molar-refractivity contribution in [1.82, 2.24) is 0 Å². The lowest BCUT2D eigenvalue weighted by Gasteiger charge is -2.13. The van der Waals surface area contributed by atoms with Crippen molar-refractivity contribution in [3.05, 3.63) is 37.2 Å². The van der Waals surface area contributed by atoms with Gasteiger partial charge in [-0.3, -0.25) is 4.79 Å². The number of rotatable bonds is 3. The maximum Gasteiger partial charge on any atom is 0.195 e. The van der Waals surface area contributed by atoms with E-state index in [0.29, 0.717) is 5.75 Å². The predicted octanol–water partition coefficient (Wildman–Crippen LogP) is 1.60. The molecule has 0 fully saturated rings. The van der Waals surface area contributed by atoms with Gasteiger partial charge >= 0.3 is 0 Å². The van der Waals surface area contributed by atoms with Gasteiger partial charge in [0.15, 0.2) is 5.43 Å². The maximum absolute atomic E-state index is 12.7.